The molecular formula is C10H16N4O3S. The Balaban J connectivity index is 2.00. The summed E-state index contributed by atoms with van der Waals surface area (Å²) >= 11 is 0. The maximum absolute atomic E-state index is 12.2. The highest BCUT2D eigenvalue weighted by molar-refractivity contribution is 7.89. The number of hydrogen-bond acceptors (Lipinski definition) is 4. The van der Waals surface area contributed by atoms with Crippen molar-refractivity contribution in [3.63, 3.8) is 0 Å². The molecule has 0 unspecified atom stereocenters. The van der Waals surface area contributed by atoms with E-state index < -0.39 is 10.0 Å². The minimum absolute atomic E-state index is 0.0679. The first-order valence-electron chi connectivity index (χ1n) is 5.76. The van der Waals surface area contributed by atoms with Crippen LogP contribution in [0.3, 0.4) is 0 Å². The van der Waals surface area contributed by atoms with Gasteiger partial charge >= 0.3 is 0 Å². The van der Waals surface area contributed by atoms with Crippen molar-refractivity contribution in [2.24, 2.45) is 0 Å². The highest BCUT2D eigenvalue weighted by Crippen LogP contribution is 2.19. The van der Waals surface area contributed by atoms with Crippen molar-refractivity contribution in [3.05, 3.63) is 12.4 Å². The lowest BCUT2D eigenvalue weighted by Gasteiger charge is -2.30. The third-order valence-electron chi connectivity index (χ3n) is 2.97. The number of hydrogen-bond donors (Lipinski definition) is 2. The van der Waals surface area contributed by atoms with Crippen molar-refractivity contribution in [2.75, 3.05) is 13.1 Å². The minimum atomic E-state index is -3.44. The standard InChI is InChI=1S/C10H16N4O3S/c1-8(15)13-9-2-4-14(5-3-9)18(16,17)10-6-11-12-7-10/h6-7,9H,2-5H2,1H3,(H,11,12)(H,13,15). The van der Waals surface area contributed by atoms with E-state index in [1.165, 1.54) is 23.6 Å². The number of nitrogens with zero attached hydrogens (tertiary/aromatic N) is 2. The van der Waals surface area contributed by atoms with Crippen LogP contribution in [-0.4, -0.2) is 48.0 Å². The Morgan fingerprint density at radius 2 is 2.17 bits per heavy atom. The Morgan fingerprint density at radius 1 is 1.50 bits per heavy atom. The van der Waals surface area contributed by atoms with Gasteiger partial charge in [0.1, 0.15) is 4.90 Å². The average Bonchev–Trinajstić information content (AvgIpc) is 2.83. The predicted molar refractivity (Wildman–Crippen MR) is 64.2 cm³/mol. The molecule has 2 heterocycles. The van der Waals surface area contributed by atoms with E-state index >= 15 is 0 Å². The molecule has 1 aliphatic rings. The van der Waals surface area contributed by atoms with E-state index in [0.29, 0.717) is 25.9 Å². The van der Waals surface area contributed by atoms with Gasteiger partial charge in [0.25, 0.3) is 0 Å². The highest BCUT2D eigenvalue weighted by atomic mass is 32.2. The Bertz CT molecular complexity index is 503. The summed E-state index contributed by atoms with van der Waals surface area (Å²) in [5.74, 6) is -0.0776. The van der Waals surface area contributed by atoms with Gasteiger partial charge in [-0.3, -0.25) is 9.89 Å². The fraction of sp³-hybridized carbons (Fsp3) is 0.600. The van der Waals surface area contributed by atoms with Gasteiger partial charge in [-0.25, -0.2) is 8.42 Å². The van der Waals surface area contributed by atoms with E-state index in [0.717, 1.165) is 0 Å². The van der Waals surface area contributed by atoms with Gasteiger partial charge in [0.05, 0.1) is 6.20 Å². The molecule has 18 heavy (non-hydrogen) atoms. The van der Waals surface area contributed by atoms with Crippen LogP contribution in [0.4, 0.5) is 0 Å². The zero-order valence-corrected chi connectivity index (χ0v) is 10.9. The third-order valence-corrected chi connectivity index (χ3v) is 4.84. The number of piperidine rings is 1. The lowest BCUT2D eigenvalue weighted by molar-refractivity contribution is -0.119. The van der Waals surface area contributed by atoms with Gasteiger partial charge in [0.15, 0.2) is 0 Å². The number of carbonyl (C=O) groups is 1. The highest BCUT2D eigenvalue weighted by Gasteiger charge is 2.30. The number of rotatable bonds is 3. The molecule has 100 valence electrons. The fourth-order valence-electron chi connectivity index (χ4n) is 2.06. The molecular weight excluding hydrogens is 256 g/mol. The van der Waals surface area contributed by atoms with Crippen molar-refractivity contribution in [1.82, 2.24) is 19.8 Å². The average molecular weight is 272 g/mol. The smallest absolute Gasteiger partial charge is 0.246 e. The van der Waals surface area contributed by atoms with Gasteiger partial charge in [0, 0.05) is 32.3 Å². The van der Waals surface area contributed by atoms with E-state index in [1.807, 2.05) is 0 Å². The van der Waals surface area contributed by atoms with Crippen LogP contribution in [0, 0.1) is 0 Å². The molecule has 8 heteroatoms. The van der Waals surface area contributed by atoms with Gasteiger partial charge in [0.2, 0.25) is 15.9 Å². The summed E-state index contributed by atoms with van der Waals surface area (Å²) in [4.78, 5) is 11.1. The first-order valence-corrected chi connectivity index (χ1v) is 7.20. The summed E-state index contributed by atoms with van der Waals surface area (Å²) in [7, 11) is -3.44. The van der Waals surface area contributed by atoms with Crippen LogP contribution in [0.1, 0.15) is 19.8 Å². The minimum Gasteiger partial charge on any atom is -0.354 e. The molecule has 1 aromatic rings. The zero-order valence-electron chi connectivity index (χ0n) is 10.1. The summed E-state index contributed by atoms with van der Waals surface area (Å²) in [6.45, 7) is 2.30. The Hall–Kier alpha value is -1.41. The quantitative estimate of drug-likeness (QED) is 0.789. The molecule has 1 amide bonds. The molecule has 0 atom stereocenters. The topological polar surface area (TPSA) is 95.2 Å². The number of aromatic amines is 1. The maximum Gasteiger partial charge on any atom is 0.246 e. The molecule has 2 N–H and O–H groups in total. The molecule has 0 radical (unpaired) electrons. The fourth-order valence-corrected chi connectivity index (χ4v) is 3.43. The van der Waals surface area contributed by atoms with E-state index in [1.54, 1.807) is 0 Å². The molecule has 0 saturated carbocycles. The second kappa shape index (κ2) is 5.07. The van der Waals surface area contributed by atoms with Gasteiger partial charge < -0.3 is 5.32 Å². The molecule has 1 aromatic heterocycles. The second-order valence-electron chi connectivity index (χ2n) is 4.31. The van der Waals surface area contributed by atoms with Gasteiger partial charge in [-0.15, -0.1) is 0 Å². The number of H-pyrrole nitrogens is 1. The molecule has 1 aliphatic heterocycles. The van der Waals surface area contributed by atoms with Crippen LogP contribution < -0.4 is 5.32 Å². The van der Waals surface area contributed by atoms with Crippen molar-refractivity contribution in [3.8, 4) is 0 Å². The van der Waals surface area contributed by atoms with Crippen molar-refractivity contribution in [2.45, 2.75) is 30.7 Å². The number of amides is 1. The van der Waals surface area contributed by atoms with Gasteiger partial charge in [-0.1, -0.05) is 0 Å². The first-order chi connectivity index (χ1) is 8.50. The summed E-state index contributed by atoms with van der Waals surface area (Å²) in [6.07, 6.45) is 3.94. The van der Waals surface area contributed by atoms with Crippen LogP contribution in [-0.2, 0) is 14.8 Å². The summed E-state index contributed by atoms with van der Waals surface area (Å²) in [5, 5.41) is 8.96. The van der Waals surface area contributed by atoms with Crippen LogP contribution in [0.15, 0.2) is 17.3 Å². The predicted octanol–water partition coefficient (Wildman–Crippen LogP) is -0.301. The Morgan fingerprint density at radius 3 is 2.67 bits per heavy atom. The van der Waals surface area contributed by atoms with Gasteiger partial charge in [-0.2, -0.15) is 9.40 Å². The summed E-state index contributed by atoms with van der Waals surface area (Å²) < 4.78 is 25.7. The summed E-state index contributed by atoms with van der Waals surface area (Å²) in [5.41, 5.74) is 0. The van der Waals surface area contributed by atoms with Crippen LogP contribution in [0.5, 0.6) is 0 Å². The van der Waals surface area contributed by atoms with Crippen LogP contribution in [0.25, 0.3) is 0 Å². The third kappa shape index (κ3) is 2.70. The molecule has 0 spiro atoms. The van der Waals surface area contributed by atoms with E-state index in [2.05, 4.69) is 15.5 Å². The van der Waals surface area contributed by atoms with E-state index in [9.17, 15) is 13.2 Å². The van der Waals surface area contributed by atoms with Crippen molar-refractivity contribution in [1.29, 1.82) is 0 Å². The molecule has 1 fully saturated rings. The zero-order chi connectivity index (χ0) is 13.2. The maximum atomic E-state index is 12.2. The number of carbonyl (C=O) groups excluding carboxylic acids is 1. The second-order valence-corrected chi connectivity index (χ2v) is 6.25. The Kier molecular flexibility index (Phi) is 3.67. The first kappa shape index (κ1) is 13.0. The number of sulfonamides is 1. The lowest BCUT2D eigenvalue weighted by Crippen LogP contribution is -2.45. The molecule has 2 rings (SSSR count). The van der Waals surface area contributed by atoms with Crippen LogP contribution in [0.2, 0.25) is 0 Å². The molecule has 0 bridgehead atoms. The van der Waals surface area contributed by atoms with Crippen LogP contribution >= 0.6 is 0 Å². The van der Waals surface area contributed by atoms with Gasteiger partial charge in [-0.05, 0) is 12.8 Å². The van der Waals surface area contributed by atoms with Crippen molar-refractivity contribution < 1.29 is 13.2 Å². The normalized spacial score (nSPS) is 18.7. The van der Waals surface area contributed by atoms with E-state index in [4.69, 9.17) is 0 Å². The van der Waals surface area contributed by atoms with E-state index in [-0.39, 0.29) is 16.8 Å². The monoisotopic (exact) mass is 272 g/mol. The summed E-state index contributed by atoms with van der Waals surface area (Å²) in [6, 6.07) is 0.0679. The molecule has 0 aromatic carbocycles. The number of nitrogens with one attached hydrogen (secondary N) is 2. The largest absolute Gasteiger partial charge is 0.354 e. The molecule has 7 nitrogen and oxygen atoms in total. The SMILES string of the molecule is CC(=O)NC1CCN(S(=O)(=O)c2cn[nH]c2)CC1. The van der Waals surface area contributed by atoms with Crippen molar-refractivity contribution >= 4 is 15.9 Å². The molecule has 1 saturated heterocycles. The number of aromatic nitrogens is 2. The Labute approximate surface area is 106 Å². The molecule has 0 aliphatic carbocycles. The lowest BCUT2D eigenvalue weighted by atomic mass is 10.1.